The zero-order valence-electron chi connectivity index (χ0n) is 16.8. The molecule has 1 aromatic heterocycles. The molecule has 30 heavy (non-hydrogen) atoms. The van der Waals surface area contributed by atoms with Crippen molar-refractivity contribution in [2.75, 3.05) is 0 Å². The molecule has 0 spiro atoms. The summed E-state index contributed by atoms with van der Waals surface area (Å²) in [5.74, 6) is 0.476. The Balaban J connectivity index is 1.62. The van der Waals surface area contributed by atoms with Crippen molar-refractivity contribution in [1.82, 2.24) is 19.5 Å². The maximum absolute atomic E-state index is 13.6. The highest BCUT2D eigenvalue weighted by Crippen LogP contribution is 2.42. The average molecular weight is 429 g/mol. The number of H-pyrrole nitrogens is 1. The Morgan fingerprint density at radius 3 is 2.50 bits per heavy atom. The Morgan fingerprint density at radius 1 is 1.10 bits per heavy atom. The van der Waals surface area contributed by atoms with E-state index in [2.05, 4.69) is 15.2 Å². The van der Waals surface area contributed by atoms with Gasteiger partial charge in [0.1, 0.15) is 18.0 Å². The van der Waals surface area contributed by atoms with Gasteiger partial charge >= 0.3 is 0 Å². The van der Waals surface area contributed by atoms with Crippen molar-refractivity contribution >= 4 is 10.0 Å². The Bertz CT molecular complexity index is 1070. The van der Waals surface area contributed by atoms with Gasteiger partial charge in [0.25, 0.3) is 0 Å². The number of rotatable bonds is 7. The minimum atomic E-state index is -3.69. The first kappa shape index (κ1) is 20.7. The number of aryl methyl sites for hydroxylation is 2. The van der Waals surface area contributed by atoms with E-state index < -0.39 is 10.0 Å². The molecular formula is C22H25FN4O2S. The van der Waals surface area contributed by atoms with Crippen LogP contribution in [-0.4, -0.2) is 33.9 Å². The molecule has 1 aliphatic rings. The zero-order chi connectivity index (χ0) is 21.1. The minimum Gasteiger partial charge on any atom is -0.263 e. The highest BCUT2D eigenvalue weighted by molar-refractivity contribution is 7.89. The Labute approximate surface area is 176 Å². The van der Waals surface area contributed by atoms with Crippen molar-refractivity contribution in [2.45, 2.75) is 56.0 Å². The number of benzene rings is 2. The van der Waals surface area contributed by atoms with Gasteiger partial charge in [0.15, 0.2) is 0 Å². The van der Waals surface area contributed by atoms with Gasteiger partial charge in [0, 0.05) is 12.5 Å². The molecule has 1 aliphatic heterocycles. The Morgan fingerprint density at radius 2 is 1.83 bits per heavy atom. The van der Waals surface area contributed by atoms with E-state index in [-0.39, 0.29) is 17.9 Å². The van der Waals surface area contributed by atoms with E-state index in [1.54, 1.807) is 28.6 Å². The number of hydrogen-bond acceptors (Lipinski definition) is 4. The molecule has 3 aromatic rings. The summed E-state index contributed by atoms with van der Waals surface area (Å²) in [7, 11) is -3.69. The molecule has 4 rings (SSSR count). The average Bonchev–Trinajstić information content (AvgIpc) is 3.39. The molecule has 0 amide bonds. The van der Waals surface area contributed by atoms with Gasteiger partial charge < -0.3 is 0 Å². The maximum Gasteiger partial charge on any atom is 0.243 e. The second kappa shape index (κ2) is 8.65. The molecule has 2 unspecified atom stereocenters. The van der Waals surface area contributed by atoms with Gasteiger partial charge in [-0.2, -0.15) is 9.40 Å². The molecular weight excluding hydrogens is 403 g/mol. The van der Waals surface area contributed by atoms with Crippen LogP contribution in [0.4, 0.5) is 4.39 Å². The fourth-order valence-electron chi connectivity index (χ4n) is 4.18. The second-order valence-electron chi connectivity index (χ2n) is 7.77. The van der Waals surface area contributed by atoms with Gasteiger partial charge in [0.2, 0.25) is 10.0 Å². The summed E-state index contributed by atoms with van der Waals surface area (Å²) < 4.78 is 42.3. The molecule has 2 atom stereocenters. The standard InChI is InChI=1S/C22H25FN4O2S/c1-16-5-12-20(13-6-16)30(28,29)27-19(3-2-4-22-24-15-25-26-22)11-14-21(27)17-7-9-18(23)10-8-17/h5-10,12-13,15,19,21H,2-4,11,14H2,1H3,(H,24,25,26). The van der Waals surface area contributed by atoms with Gasteiger partial charge in [-0.05, 0) is 62.4 Å². The van der Waals surface area contributed by atoms with Crippen LogP contribution < -0.4 is 0 Å². The van der Waals surface area contributed by atoms with Crippen LogP contribution >= 0.6 is 0 Å². The lowest BCUT2D eigenvalue weighted by Crippen LogP contribution is -2.37. The molecule has 2 heterocycles. The van der Waals surface area contributed by atoms with Crippen LogP contribution in [0.3, 0.4) is 0 Å². The maximum atomic E-state index is 13.6. The van der Waals surface area contributed by atoms with E-state index in [1.807, 2.05) is 19.1 Å². The fourth-order valence-corrected chi connectivity index (χ4v) is 6.07. The lowest BCUT2D eigenvalue weighted by molar-refractivity contribution is 0.309. The summed E-state index contributed by atoms with van der Waals surface area (Å²) in [4.78, 5) is 4.43. The van der Waals surface area contributed by atoms with Gasteiger partial charge in [-0.25, -0.2) is 17.8 Å². The monoisotopic (exact) mass is 428 g/mol. The summed E-state index contributed by atoms with van der Waals surface area (Å²) >= 11 is 0. The van der Waals surface area contributed by atoms with Gasteiger partial charge in [0.05, 0.1) is 10.9 Å². The normalized spacial score (nSPS) is 19.9. The lowest BCUT2D eigenvalue weighted by Gasteiger charge is -2.30. The van der Waals surface area contributed by atoms with E-state index in [1.165, 1.54) is 18.5 Å². The van der Waals surface area contributed by atoms with Crippen molar-refractivity contribution < 1.29 is 12.8 Å². The number of sulfonamides is 1. The summed E-state index contributed by atoms with van der Waals surface area (Å²) in [5.41, 5.74) is 1.83. The molecule has 0 radical (unpaired) electrons. The molecule has 0 bridgehead atoms. The number of aromatic nitrogens is 3. The van der Waals surface area contributed by atoms with Crippen molar-refractivity contribution in [3.8, 4) is 0 Å². The second-order valence-corrected chi connectivity index (χ2v) is 9.61. The number of aromatic amines is 1. The molecule has 158 valence electrons. The van der Waals surface area contributed by atoms with Crippen LogP contribution in [0.15, 0.2) is 59.8 Å². The van der Waals surface area contributed by atoms with Gasteiger partial charge in [-0.3, -0.25) is 5.10 Å². The number of hydrogen-bond donors (Lipinski definition) is 1. The quantitative estimate of drug-likeness (QED) is 0.613. The van der Waals surface area contributed by atoms with Crippen molar-refractivity contribution in [3.05, 3.63) is 77.6 Å². The fraction of sp³-hybridized carbons (Fsp3) is 0.364. The van der Waals surface area contributed by atoms with Crippen molar-refractivity contribution in [1.29, 1.82) is 0 Å². The topological polar surface area (TPSA) is 79.0 Å². The van der Waals surface area contributed by atoms with Crippen LogP contribution in [0.25, 0.3) is 0 Å². The highest BCUT2D eigenvalue weighted by atomic mass is 32.2. The van der Waals surface area contributed by atoms with Crippen LogP contribution in [-0.2, 0) is 16.4 Å². The van der Waals surface area contributed by atoms with E-state index >= 15 is 0 Å². The smallest absolute Gasteiger partial charge is 0.243 e. The third-order valence-electron chi connectivity index (χ3n) is 5.71. The van der Waals surface area contributed by atoms with E-state index in [4.69, 9.17) is 0 Å². The highest BCUT2D eigenvalue weighted by Gasteiger charge is 2.42. The van der Waals surface area contributed by atoms with E-state index in [0.29, 0.717) is 11.3 Å². The largest absolute Gasteiger partial charge is 0.263 e. The molecule has 1 N–H and O–H groups in total. The number of nitrogens with zero attached hydrogens (tertiary/aromatic N) is 3. The summed E-state index contributed by atoms with van der Waals surface area (Å²) in [5, 5.41) is 6.71. The summed E-state index contributed by atoms with van der Waals surface area (Å²) in [6.07, 6.45) is 5.20. The number of halogens is 1. The third kappa shape index (κ3) is 4.29. The summed E-state index contributed by atoms with van der Waals surface area (Å²) in [6.45, 7) is 1.93. The minimum absolute atomic E-state index is 0.116. The Kier molecular flexibility index (Phi) is 5.97. The molecule has 0 saturated carbocycles. The molecule has 8 heteroatoms. The molecule has 0 aliphatic carbocycles. The van der Waals surface area contributed by atoms with Crippen LogP contribution in [0.1, 0.15) is 48.7 Å². The molecule has 6 nitrogen and oxygen atoms in total. The predicted octanol–water partition coefficient (Wildman–Crippen LogP) is 4.17. The zero-order valence-corrected chi connectivity index (χ0v) is 17.6. The van der Waals surface area contributed by atoms with Crippen LogP contribution in [0.5, 0.6) is 0 Å². The predicted molar refractivity (Wildman–Crippen MR) is 112 cm³/mol. The first-order valence-corrected chi connectivity index (χ1v) is 11.6. The van der Waals surface area contributed by atoms with Crippen molar-refractivity contribution in [3.63, 3.8) is 0 Å². The van der Waals surface area contributed by atoms with Gasteiger partial charge in [-0.15, -0.1) is 0 Å². The van der Waals surface area contributed by atoms with Crippen molar-refractivity contribution in [2.24, 2.45) is 0 Å². The SMILES string of the molecule is Cc1ccc(S(=O)(=O)N2C(CCCc3ncn[nH]3)CCC2c2ccc(F)cc2)cc1. The molecule has 1 fully saturated rings. The van der Waals surface area contributed by atoms with E-state index in [0.717, 1.165) is 42.6 Å². The summed E-state index contributed by atoms with van der Waals surface area (Å²) in [6, 6.07) is 12.7. The van der Waals surface area contributed by atoms with E-state index in [9.17, 15) is 12.8 Å². The first-order chi connectivity index (χ1) is 14.4. The Hall–Kier alpha value is -2.58. The lowest BCUT2D eigenvalue weighted by atomic mass is 10.0. The van der Waals surface area contributed by atoms with Gasteiger partial charge in [-0.1, -0.05) is 29.8 Å². The number of nitrogens with one attached hydrogen (secondary N) is 1. The third-order valence-corrected chi connectivity index (χ3v) is 7.68. The first-order valence-electron chi connectivity index (χ1n) is 10.1. The van der Waals surface area contributed by atoms with Crippen LogP contribution in [0.2, 0.25) is 0 Å². The van der Waals surface area contributed by atoms with Crippen LogP contribution in [0, 0.1) is 12.7 Å². The molecule has 2 aromatic carbocycles. The molecule has 1 saturated heterocycles.